The zero-order chi connectivity index (χ0) is 26.5. The number of methoxy groups -OCH3 is 1. The van der Waals surface area contributed by atoms with Gasteiger partial charge in [-0.15, -0.1) is 0 Å². The molecule has 0 bridgehead atoms. The first-order chi connectivity index (χ1) is 18.5. The zero-order valence-electron chi connectivity index (χ0n) is 22.4. The van der Waals surface area contributed by atoms with E-state index >= 15 is 0 Å². The SMILES string of the molecule is COc1ccc(C(=O)N2CCCCC2)c(N2CCC(COc3cccc(C(CC(=O)O)C4CC4)c3)CC2)c1. The van der Waals surface area contributed by atoms with Crippen molar-refractivity contribution in [3.63, 3.8) is 0 Å². The Bertz CT molecular complexity index is 1120. The van der Waals surface area contributed by atoms with E-state index in [1.165, 1.54) is 6.42 Å². The summed E-state index contributed by atoms with van der Waals surface area (Å²) in [7, 11) is 1.67. The second-order valence-electron chi connectivity index (χ2n) is 11.1. The van der Waals surface area contributed by atoms with Crippen molar-refractivity contribution >= 4 is 17.6 Å². The first kappa shape index (κ1) is 26.4. The summed E-state index contributed by atoms with van der Waals surface area (Å²) in [5.41, 5.74) is 2.81. The third-order valence-corrected chi connectivity index (χ3v) is 8.39. The third kappa shape index (κ3) is 6.43. The predicted octanol–water partition coefficient (Wildman–Crippen LogP) is 5.59. The molecule has 0 radical (unpaired) electrons. The van der Waals surface area contributed by atoms with E-state index in [0.29, 0.717) is 18.4 Å². The molecule has 2 aliphatic heterocycles. The summed E-state index contributed by atoms with van der Waals surface area (Å²) in [6.45, 7) is 4.04. The number of likely N-dealkylation sites (tertiary alicyclic amines) is 1. The second-order valence-corrected chi connectivity index (χ2v) is 11.1. The zero-order valence-corrected chi connectivity index (χ0v) is 22.4. The number of nitrogens with zero attached hydrogens (tertiary/aromatic N) is 2. The summed E-state index contributed by atoms with van der Waals surface area (Å²) in [6, 6.07) is 13.8. The molecule has 7 nitrogen and oxygen atoms in total. The van der Waals surface area contributed by atoms with Gasteiger partial charge in [0.25, 0.3) is 5.91 Å². The summed E-state index contributed by atoms with van der Waals surface area (Å²) in [5.74, 6) is 1.96. The maximum Gasteiger partial charge on any atom is 0.303 e. The lowest BCUT2D eigenvalue weighted by Gasteiger charge is -2.35. The van der Waals surface area contributed by atoms with Crippen LogP contribution in [0.3, 0.4) is 0 Å². The van der Waals surface area contributed by atoms with Crippen LogP contribution in [0.25, 0.3) is 0 Å². The molecule has 204 valence electrons. The summed E-state index contributed by atoms with van der Waals surface area (Å²) in [5, 5.41) is 9.35. The highest BCUT2D eigenvalue weighted by Crippen LogP contribution is 2.45. The van der Waals surface area contributed by atoms with E-state index < -0.39 is 5.97 Å². The number of benzene rings is 2. The van der Waals surface area contributed by atoms with Crippen LogP contribution in [-0.2, 0) is 4.79 Å². The molecule has 1 atom stereocenters. The fourth-order valence-electron chi connectivity index (χ4n) is 5.98. The maximum absolute atomic E-state index is 13.4. The van der Waals surface area contributed by atoms with E-state index in [1.807, 2.05) is 47.4 Å². The highest BCUT2D eigenvalue weighted by molar-refractivity contribution is 6.00. The molecule has 2 aromatic rings. The molecule has 3 aliphatic rings. The van der Waals surface area contributed by atoms with E-state index in [2.05, 4.69) is 4.90 Å². The molecule has 2 aromatic carbocycles. The molecule has 5 rings (SSSR count). The normalized spacial score (nSPS) is 19.2. The number of piperidine rings is 2. The molecule has 1 aliphatic carbocycles. The molecule has 3 fully saturated rings. The Labute approximate surface area is 225 Å². The number of carbonyl (C=O) groups is 2. The van der Waals surface area contributed by atoms with Crippen molar-refractivity contribution in [3.8, 4) is 11.5 Å². The molecule has 2 saturated heterocycles. The molecule has 1 amide bonds. The van der Waals surface area contributed by atoms with Crippen LogP contribution < -0.4 is 14.4 Å². The average Bonchev–Trinajstić information content (AvgIpc) is 3.80. The van der Waals surface area contributed by atoms with Crippen molar-refractivity contribution in [1.82, 2.24) is 4.90 Å². The monoisotopic (exact) mass is 520 g/mol. The summed E-state index contributed by atoms with van der Waals surface area (Å²) in [4.78, 5) is 29.1. The fraction of sp³-hybridized carbons (Fsp3) is 0.548. The minimum Gasteiger partial charge on any atom is -0.497 e. The van der Waals surface area contributed by atoms with Gasteiger partial charge >= 0.3 is 5.97 Å². The van der Waals surface area contributed by atoms with E-state index in [9.17, 15) is 14.7 Å². The van der Waals surface area contributed by atoms with Crippen LogP contribution in [0.5, 0.6) is 11.5 Å². The Morgan fingerprint density at radius 2 is 1.71 bits per heavy atom. The maximum atomic E-state index is 13.4. The molecular formula is C31H40N2O5. The largest absolute Gasteiger partial charge is 0.497 e. The highest BCUT2D eigenvalue weighted by atomic mass is 16.5. The van der Waals surface area contributed by atoms with Gasteiger partial charge in [-0.3, -0.25) is 9.59 Å². The molecule has 0 aromatic heterocycles. The third-order valence-electron chi connectivity index (χ3n) is 8.39. The summed E-state index contributed by atoms with van der Waals surface area (Å²) < 4.78 is 11.7. The molecule has 1 saturated carbocycles. The Kier molecular flexibility index (Phi) is 8.40. The van der Waals surface area contributed by atoms with Gasteiger partial charge < -0.3 is 24.4 Å². The molecule has 0 spiro atoms. The Morgan fingerprint density at radius 3 is 2.39 bits per heavy atom. The molecule has 1 N–H and O–H groups in total. The Hall–Kier alpha value is -3.22. The van der Waals surface area contributed by atoms with Crippen molar-refractivity contribution in [2.45, 2.75) is 57.3 Å². The number of rotatable bonds is 10. The van der Waals surface area contributed by atoms with E-state index in [-0.39, 0.29) is 18.2 Å². The van der Waals surface area contributed by atoms with Crippen molar-refractivity contribution in [3.05, 3.63) is 53.6 Å². The minimum atomic E-state index is -0.739. The van der Waals surface area contributed by atoms with E-state index in [4.69, 9.17) is 9.47 Å². The van der Waals surface area contributed by atoms with Gasteiger partial charge in [-0.1, -0.05) is 12.1 Å². The first-order valence-electron chi connectivity index (χ1n) is 14.2. The highest BCUT2D eigenvalue weighted by Gasteiger charge is 2.34. The van der Waals surface area contributed by atoms with Gasteiger partial charge in [-0.2, -0.15) is 0 Å². The lowest BCUT2D eigenvalue weighted by atomic mass is 9.91. The van der Waals surface area contributed by atoms with Crippen LogP contribution in [0.2, 0.25) is 0 Å². The topological polar surface area (TPSA) is 79.3 Å². The van der Waals surface area contributed by atoms with Gasteiger partial charge in [0.15, 0.2) is 0 Å². The number of hydrogen-bond donors (Lipinski definition) is 1. The molecule has 2 heterocycles. The number of carbonyl (C=O) groups excluding carboxylic acids is 1. The molecule has 7 heteroatoms. The van der Waals surface area contributed by atoms with Crippen LogP contribution in [0.15, 0.2) is 42.5 Å². The molecule has 1 unspecified atom stereocenters. The number of hydrogen-bond acceptors (Lipinski definition) is 5. The number of anilines is 1. The van der Waals surface area contributed by atoms with Gasteiger partial charge in [0, 0.05) is 32.2 Å². The van der Waals surface area contributed by atoms with Crippen LogP contribution in [-0.4, -0.2) is 61.8 Å². The van der Waals surface area contributed by atoms with Gasteiger partial charge in [-0.25, -0.2) is 0 Å². The van der Waals surface area contributed by atoms with Gasteiger partial charge in [-0.05, 0) is 92.5 Å². The van der Waals surface area contributed by atoms with Crippen molar-refractivity contribution in [2.24, 2.45) is 11.8 Å². The number of aliphatic carboxylic acids is 1. The van der Waals surface area contributed by atoms with Crippen LogP contribution >= 0.6 is 0 Å². The predicted molar refractivity (Wildman–Crippen MR) is 147 cm³/mol. The number of ether oxygens (including phenoxy) is 2. The number of carboxylic acid groups (broad SMARTS) is 1. The van der Waals surface area contributed by atoms with Crippen molar-refractivity contribution in [1.29, 1.82) is 0 Å². The van der Waals surface area contributed by atoms with Crippen LogP contribution in [0.4, 0.5) is 5.69 Å². The Morgan fingerprint density at radius 1 is 0.947 bits per heavy atom. The summed E-state index contributed by atoms with van der Waals surface area (Å²) in [6.07, 6.45) is 7.72. The second kappa shape index (κ2) is 12.1. The number of amides is 1. The summed E-state index contributed by atoms with van der Waals surface area (Å²) >= 11 is 0. The van der Waals surface area contributed by atoms with E-state index in [0.717, 1.165) is 93.0 Å². The first-order valence-corrected chi connectivity index (χ1v) is 14.2. The van der Waals surface area contributed by atoms with Gasteiger partial charge in [0.1, 0.15) is 11.5 Å². The van der Waals surface area contributed by atoms with E-state index in [1.54, 1.807) is 7.11 Å². The van der Waals surface area contributed by atoms with Crippen molar-refractivity contribution in [2.75, 3.05) is 44.8 Å². The van der Waals surface area contributed by atoms with Gasteiger partial charge in [0.2, 0.25) is 0 Å². The van der Waals surface area contributed by atoms with Gasteiger partial charge in [0.05, 0.1) is 31.4 Å². The Balaban J connectivity index is 1.19. The van der Waals surface area contributed by atoms with Crippen LogP contribution in [0.1, 0.15) is 73.2 Å². The van der Waals surface area contributed by atoms with Crippen LogP contribution in [0, 0.1) is 11.8 Å². The molecule has 38 heavy (non-hydrogen) atoms. The molecular weight excluding hydrogens is 480 g/mol. The minimum absolute atomic E-state index is 0.0731. The van der Waals surface area contributed by atoms with Crippen molar-refractivity contribution < 1.29 is 24.2 Å². The average molecular weight is 521 g/mol. The smallest absolute Gasteiger partial charge is 0.303 e. The number of carboxylic acids is 1. The quantitative estimate of drug-likeness (QED) is 0.440. The lowest BCUT2D eigenvalue weighted by Crippen LogP contribution is -2.39. The standard InChI is InChI=1S/C31H40N2O5/c1-37-25-10-11-27(31(36)33-14-3-2-4-15-33)29(19-25)32-16-12-22(13-17-32)21-38-26-7-5-6-24(18-26)28(20-30(34)35)23-8-9-23/h5-7,10-11,18-19,22-23,28H,2-4,8-9,12-17,20-21H2,1H3,(H,34,35). The lowest BCUT2D eigenvalue weighted by molar-refractivity contribution is -0.137. The fourth-order valence-corrected chi connectivity index (χ4v) is 5.98.